The van der Waals surface area contributed by atoms with Gasteiger partial charge in [0.1, 0.15) is 10.6 Å². The quantitative estimate of drug-likeness (QED) is 0.281. The molecule has 4 rings (SSSR count). The summed E-state index contributed by atoms with van der Waals surface area (Å²) in [6.45, 7) is 3.92. The van der Waals surface area contributed by atoms with E-state index in [-0.39, 0.29) is 32.9 Å². The standard InChI is InChI=1S/C26H20Cl2N2O4S/c1-3-34-26(33)16-6-4-7-17(14-16)29-22-23(35-18-12-10-15(2)11-13-18)25(32)30(24(22)31)20-9-5-8-19(27)21(20)28/h4-14,29H,3H2,1-2H3. The van der Waals surface area contributed by atoms with Crippen molar-refractivity contribution >= 4 is 64.1 Å². The molecule has 0 saturated carbocycles. The third kappa shape index (κ3) is 5.22. The van der Waals surface area contributed by atoms with E-state index < -0.39 is 17.8 Å². The van der Waals surface area contributed by atoms with E-state index in [9.17, 15) is 14.4 Å². The topological polar surface area (TPSA) is 75.7 Å². The fraction of sp³-hybridized carbons (Fsp3) is 0.115. The van der Waals surface area contributed by atoms with Crippen molar-refractivity contribution in [2.24, 2.45) is 0 Å². The second-order valence-corrected chi connectivity index (χ2v) is 9.43. The predicted molar refractivity (Wildman–Crippen MR) is 139 cm³/mol. The summed E-state index contributed by atoms with van der Waals surface area (Å²) in [5.74, 6) is -1.61. The highest BCUT2D eigenvalue weighted by atomic mass is 35.5. The highest BCUT2D eigenvalue weighted by Gasteiger charge is 2.41. The number of rotatable bonds is 7. The number of halogens is 2. The summed E-state index contributed by atoms with van der Waals surface area (Å²) in [6.07, 6.45) is 0. The monoisotopic (exact) mass is 526 g/mol. The van der Waals surface area contributed by atoms with Crippen molar-refractivity contribution in [1.29, 1.82) is 0 Å². The van der Waals surface area contributed by atoms with Crippen molar-refractivity contribution < 1.29 is 19.1 Å². The summed E-state index contributed by atoms with van der Waals surface area (Å²) in [6, 6.07) is 18.9. The van der Waals surface area contributed by atoms with Crippen LogP contribution in [0, 0.1) is 6.92 Å². The van der Waals surface area contributed by atoms with Crippen LogP contribution in [-0.4, -0.2) is 24.4 Å². The molecule has 35 heavy (non-hydrogen) atoms. The van der Waals surface area contributed by atoms with Gasteiger partial charge in [0.05, 0.1) is 27.9 Å². The average molecular weight is 527 g/mol. The maximum atomic E-state index is 13.5. The Labute approximate surface area is 216 Å². The largest absolute Gasteiger partial charge is 0.462 e. The van der Waals surface area contributed by atoms with Gasteiger partial charge in [-0.25, -0.2) is 9.69 Å². The number of hydrogen-bond acceptors (Lipinski definition) is 6. The van der Waals surface area contributed by atoms with Crippen LogP contribution < -0.4 is 10.2 Å². The van der Waals surface area contributed by atoms with E-state index in [2.05, 4.69) is 5.32 Å². The molecule has 0 atom stereocenters. The first-order valence-corrected chi connectivity index (χ1v) is 12.2. The first-order chi connectivity index (χ1) is 16.8. The van der Waals surface area contributed by atoms with Gasteiger partial charge in [0.2, 0.25) is 0 Å². The SMILES string of the molecule is CCOC(=O)c1cccc(NC2=C(Sc3ccc(C)cc3)C(=O)N(c3cccc(Cl)c3Cl)C2=O)c1. The van der Waals surface area contributed by atoms with Crippen molar-refractivity contribution in [3.8, 4) is 0 Å². The molecule has 178 valence electrons. The zero-order chi connectivity index (χ0) is 25.1. The normalized spacial score (nSPS) is 13.4. The number of esters is 1. The minimum Gasteiger partial charge on any atom is -0.462 e. The number of anilines is 2. The second kappa shape index (κ2) is 10.6. The average Bonchev–Trinajstić information content (AvgIpc) is 3.06. The summed E-state index contributed by atoms with van der Waals surface area (Å²) < 4.78 is 5.06. The van der Waals surface area contributed by atoms with Crippen LogP contribution in [0.25, 0.3) is 0 Å². The van der Waals surface area contributed by atoms with Crippen LogP contribution in [0.5, 0.6) is 0 Å². The number of carbonyl (C=O) groups excluding carboxylic acids is 3. The molecule has 0 aromatic heterocycles. The molecule has 6 nitrogen and oxygen atoms in total. The number of amides is 2. The molecule has 2 amide bonds. The summed E-state index contributed by atoms with van der Waals surface area (Å²) in [5, 5.41) is 3.36. The molecular formula is C26H20Cl2N2O4S. The van der Waals surface area contributed by atoms with E-state index in [0.717, 1.165) is 27.1 Å². The van der Waals surface area contributed by atoms with Gasteiger partial charge >= 0.3 is 5.97 Å². The third-order valence-electron chi connectivity index (χ3n) is 5.10. The lowest BCUT2D eigenvalue weighted by Gasteiger charge is -2.17. The Morgan fingerprint density at radius 3 is 2.43 bits per heavy atom. The molecule has 0 spiro atoms. The number of benzene rings is 3. The van der Waals surface area contributed by atoms with Crippen LogP contribution in [0.15, 0.2) is 82.2 Å². The zero-order valence-corrected chi connectivity index (χ0v) is 21.1. The van der Waals surface area contributed by atoms with E-state index in [0.29, 0.717) is 11.3 Å². The van der Waals surface area contributed by atoms with Gasteiger partial charge in [-0.05, 0) is 56.3 Å². The van der Waals surface area contributed by atoms with E-state index in [1.165, 1.54) is 0 Å². The minimum atomic E-state index is -0.588. The lowest BCUT2D eigenvalue weighted by Crippen LogP contribution is -2.32. The smallest absolute Gasteiger partial charge is 0.338 e. The van der Waals surface area contributed by atoms with Gasteiger partial charge in [-0.1, -0.05) is 64.8 Å². The van der Waals surface area contributed by atoms with E-state index >= 15 is 0 Å². The fourth-order valence-electron chi connectivity index (χ4n) is 3.41. The molecule has 1 aliphatic heterocycles. The van der Waals surface area contributed by atoms with Crippen molar-refractivity contribution in [3.63, 3.8) is 0 Å². The Bertz CT molecular complexity index is 1360. The van der Waals surface area contributed by atoms with E-state index in [4.69, 9.17) is 27.9 Å². The molecule has 0 bridgehead atoms. The number of thioether (sulfide) groups is 1. The fourth-order valence-corrected chi connectivity index (χ4v) is 4.71. The van der Waals surface area contributed by atoms with Gasteiger partial charge in [-0.2, -0.15) is 0 Å². The van der Waals surface area contributed by atoms with Gasteiger partial charge in [0.25, 0.3) is 11.8 Å². The lowest BCUT2D eigenvalue weighted by atomic mass is 10.2. The maximum absolute atomic E-state index is 13.5. The van der Waals surface area contributed by atoms with E-state index in [1.54, 1.807) is 49.4 Å². The number of ether oxygens (including phenoxy) is 1. The molecule has 0 radical (unpaired) electrons. The van der Waals surface area contributed by atoms with Crippen molar-refractivity contribution in [2.45, 2.75) is 18.7 Å². The number of imide groups is 1. The third-order valence-corrected chi connectivity index (χ3v) is 7.00. The van der Waals surface area contributed by atoms with Crippen molar-refractivity contribution in [3.05, 3.63) is 98.5 Å². The van der Waals surface area contributed by atoms with E-state index in [1.807, 2.05) is 31.2 Å². The summed E-state index contributed by atoms with van der Waals surface area (Å²) in [7, 11) is 0. The minimum absolute atomic E-state index is 0.0672. The molecule has 0 fully saturated rings. The number of nitrogens with one attached hydrogen (secondary N) is 1. The van der Waals surface area contributed by atoms with Crippen molar-refractivity contribution in [1.82, 2.24) is 0 Å². The summed E-state index contributed by atoms with van der Waals surface area (Å²) in [5.41, 5.74) is 2.09. The molecule has 3 aromatic rings. The Morgan fingerprint density at radius 1 is 1.00 bits per heavy atom. The van der Waals surface area contributed by atoms with Crippen LogP contribution in [0.2, 0.25) is 10.0 Å². The van der Waals surface area contributed by atoms with Gasteiger partial charge in [0.15, 0.2) is 0 Å². The van der Waals surface area contributed by atoms with Crippen LogP contribution in [0.4, 0.5) is 11.4 Å². The highest BCUT2D eigenvalue weighted by Crippen LogP contribution is 2.41. The van der Waals surface area contributed by atoms with Gasteiger partial charge in [-0.3, -0.25) is 9.59 Å². The maximum Gasteiger partial charge on any atom is 0.338 e. The van der Waals surface area contributed by atoms with Crippen molar-refractivity contribution in [2.75, 3.05) is 16.8 Å². The number of nitrogens with zero attached hydrogens (tertiary/aromatic N) is 1. The molecule has 1 heterocycles. The van der Waals surface area contributed by atoms with Crippen LogP contribution >= 0.6 is 35.0 Å². The summed E-state index contributed by atoms with van der Waals surface area (Å²) >= 11 is 13.7. The molecule has 1 aliphatic rings. The number of aryl methyl sites for hydroxylation is 1. The molecule has 1 N–H and O–H groups in total. The van der Waals surface area contributed by atoms with Gasteiger partial charge in [-0.15, -0.1) is 0 Å². The highest BCUT2D eigenvalue weighted by molar-refractivity contribution is 8.04. The van der Waals surface area contributed by atoms with Crippen LogP contribution in [0.1, 0.15) is 22.8 Å². The van der Waals surface area contributed by atoms with Crippen LogP contribution in [0.3, 0.4) is 0 Å². The second-order valence-electron chi connectivity index (χ2n) is 7.56. The Balaban J connectivity index is 1.75. The zero-order valence-electron chi connectivity index (χ0n) is 18.8. The van der Waals surface area contributed by atoms with Crippen LogP contribution in [-0.2, 0) is 14.3 Å². The predicted octanol–water partition coefficient (Wildman–Crippen LogP) is 6.47. The van der Waals surface area contributed by atoms with Gasteiger partial charge < -0.3 is 10.1 Å². The Kier molecular flexibility index (Phi) is 7.50. The Hall–Kier alpha value is -3.26. The molecule has 3 aromatic carbocycles. The first-order valence-electron chi connectivity index (χ1n) is 10.7. The first kappa shape index (κ1) is 24.9. The number of carbonyl (C=O) groups is 3. The molecule has 9 heteroatoms. The lowest BCUT2D eigenvalue weighted by molar-refractivity contribution is -0.120. The van der Waals surface area contributed by atoms with Gasteiger partial charge in [0, 0.05) is 10.6 Å². The molecule has 0 aliphatic carbocycles. The summed E-state index contributed by atoms with van der Waals surface area (Å²) in [4.78, 5) is 41.2. The molecule has 0 saturated heterocycles. The Morgan fingerprint density at radius 2 is 1.71 bits per heavy atom. The number of hydrogen-bond donors (Lipinski definition) is 1. The molecule has 0 unspecified atom stereocenters. The molecular weight excluding hydrogens is 507 g/mol.